The lowest BCUT2D eigenvalue weighted by atomic mass is 9.96. The number of benzene rings is 1. The summed E-state index contributed by atoms with van der Waals surface area (Å²) in [5.74, 6) is -0.495. The van der Waals surface area contributed by atoms with E-state index in [9.17, 15) is 14.9 Å². The summed E-state index contributed by atoms with van der Waals surface area (Å²) in [7, 11) is 0. The smallest absolute Gasteiger partial charge is 0.329 e. The Morgan fingerprint density at radius 1 is 1.30 bits per heavy atom. The molecule has 20 heavy (non-hydrogen) atoms. The third kappa shape index (κ3) is 4.03. The van der Waals surface area contributed by atoms with Crippen molar-refractivity contribution in [1.82, 2.24) is 5.48 Å². The summed E-state index contributed by atoms with van der Waals surface area (Å²) < 4.78 is 0. The molecule has 0 spiro atoms. The summed E-state index contributed by atoms with van der Waals surface area (Å²) in [6.07, 6.45) is 5.40. The van der Waals surface area contributed by atoms with Crippen molar-refractivity contribution in [2.24, 2.45) is 0 Å². The predicted octanol–water partition coefficient (Wildman–Crippen LogP) is 2.52. The zero-order valence-corrected chi connectivity index (χ0v) is 11.2. The second-order valence-corrected chi connectivity index (χ2v) is 4.99. The molecular weight excluding hydrogens is 260 g/mol. The van der Waals surface area contributed by atoms with Crippen molar-refractivity contribution in [3.05, 3.63) is 39.9 Å². The van der Waals surface area contributed by atoms with Crippen LogP contribution < -0.4 is 5.48 Å². The first-order valence-electron chi connectivity index (χ1n) is 6.84. The Balaban J connectivity index is 1.86. The van der Waals surface area contributed by atoms with E-state index in [4.69, 9.17) is 4.84 Å². The Morgan fingerprint density at radius 3 is 2.70 bits per heavy atom. The highest BCUT2D eigenvalue weighted by Crippen LogP contribution is 2.19. The van der Waals surface area contributed by atoms with E-state index in [1.165, 1.54) is 12.5 Å². The van der Waals surface area contributed by atoms with Crippen LogP contribution in [0.5, 0.6) is 0 Å². The van der Waals surface area contributed by atoms with Crippen LogP contribution in [0.25, 0.3) is 0 Å². The van der Waals surface area contributed by atoms with E-state index in [1.54, 1.807) is 18.2 Å². The van der Waals surface area contributed by atoms with Crippen molar-refractivity contribution in [3.63, 3.8) is 0 Å². The third-order valence-corrected chi connectivity index (χ3v) is 3.47. The molecule has 1 aromatic rings. The number of nitrogens with one attached hydrogen (secondary N) is 1. The maximum atomic E-state index is 11.7. The fraction of sp³-hybridized carbons (Fsp3) is 0.500. The van der Waals surface area contributed by atoms with Gasteiger partial charge in [-0.2, -0.15) is 5.48 Å². The number of rotatable bonds is 5. The van der Waals surface area contributed by atoms with Gasteiger partial charge in [0, 0.05) is 17.7 Å². The first-order chi connectivity index (χ1) is 9.66. The molecule has 1 N–H and O–H groups in total. The SMILES string of the molecule is O=C(Cc1ccccc1[N+](=O)[O-])ONC1CCCCC1. The molecule has 6 heteroatoms. The van der Waals surface area contributed by atoms with Gasteiger partial charge in [0.05, 0.1) is 11.3 Å². The fourth-order valence-electron chi connectivity index (χ4n) is 2.40. The van der Waals surface area contributed by atoms with Gasteiger partial charge in [-0.3, -0.25) is 14.9 Å². The minimum atomic E-state index is -0.495. The number of nitrogens with zero attached hydrogens (tertiary/aromatic N) is 1. The molecule has 0 atom stereocenters. The van der Waals surface area contributed by atoms with Crippen LogP contribution in [0.15, 0.2) is 24.3 Å². The third-order valence-electron chi connectivity index (χ3n) is 3.47. The lowest BCUT2D eigenvalue weighted by molar-refractivity contribution is -0.385. The molecule has 0 amide bonds. The number of carbonyl (C=O) groups is 1. The topological polar surface area (TPSA) is 81.5 Å². The van der Waals surface area contributed by atoms with Crippen LogP contribution in [0.3, 0.4) is 0 Å². The predicted molar refractivity (Wildman–Crippen MR) is 72.9 cm³/mol. The average Bonchev–Trinajstić information content (AvgIpc) is 2.46. The highest BCUT2D eigenvalue weighted by atomic mass is 16.7. The molecule has 0 aliphatic heterocycles. The van der Waals surface area contributed by atoms with Crippen LogP contribution in [0.1, 0.15) is 37.7 Å². The van der Waals surface area contributed by atoms with Gasteiger partial charge < -0.3 is 4.84 Å². The van der Waals surface area contributed by atoms with Crippen LogP contribution >= 0.6 is 0 Å². The van der Waals surface area contributed by atoms with Crippen molar-refractivity contribution in [2.75, 3.05) is 0 Å². The molecule has 0 aromatic heterocycles. The highest BCUT2D eigenvalue weighted by Gasteiger charge is 2.18. The first-order valence-corrected chi connectivity index (χ1v) is 6.84. The molecular formula is C14H18N2O4. The van der Waals surface area contributed by atoms with Crippen LogP contribution in [0, 0.1) is 10.1 Å². The number of nitro groups is 1. The van der Waals surface area contributed by atoms with Crippen molar-refractivity contribution >= 4 is 11.7 Å². The monoisotopic (exact) mass is 278 g/mol. The summed E-state index contributed by atoms with van der Waals surface area (Å²) in [5, 5.41) is 10.8. The zero-order valence-electron chi connectivity index (χ0n) is 11.2. The number of carbonyl (C=O) groups excluding carboxylic acids is 1. The fourth-order valence-corrected chi connectivity index (χ4v) is 2.40. The summed E-state index contributed by atoms with van der Waals surface area (Å²) in [6, 6.07) is 6.41. The Bertz CT molecular complexity index is 484. The van der Waals surface area contributed by atoms with Gasteiger partial charge in [-0.15, -0.1) is 0 Å². The minimum absolute atomic E-state index is 0.0536. The maximum absolute atomic E-state index is 11.7. The summed E-state index contributed by atoms with van der Waals surface area (Å²) >= 11 is 0. The van der Waals surface area contributed by atoms with Gasteiger partial charge >= 0.3 is 5.97 Å². The molecule has 1 aliphatic carbocycles. The Hall–Kier alpha value is -1.95. The molecule has 1 aliphatic rings. The highest BCUT2D eigenvalue weighted by molar-refractivity contribution is 5.73. The van der Waals surface area contributed by atoms with Gasteiger partial charge in [0.15, 0.2) is 0 Å². The van der Waals surface area contributed by atoms with Gasteiger partial charge in [0.1, 0.15) is 0 Å². The van der Waals surface area contributed by atoms with Gasteiger partial charge in [0.25, 0.3) is 5.69 Å². The van der Waals surface area contributed by atoms with Crippen molar-refractivity contribution in [2.45, 2.75) is 44.6 Å². The second-order valence-electron chi connectivity index (χ2n) is 4.99. The van der Waals surface area contributed by atoms with E-state index in [2.05, 4.69) is 5.48 Å². The number of hydrogen-bond acceptors (Lipinski definition) is 5. The second kappa shape index (κ2) is 7.00. The van der Waals surface area contributed by atoms with E-state index in [0.29, 0.717) is 5.56 Å². The summed E-state index contributed by atoms with van der Waals surface area (Å²) in [5.41, 5.74) is 3.09. The Kier molecular flexibility index (Phi) is 5.06. The zero-order chi connectivity index (χ0) is 14.4. The average molecular weight is 278 g/mol. The largest absolute Gasteiger partial charge is 0.370 e. The molecule has 0 saturated heterocycles. The first kappa shape index (κ1) is 14.5. The molecule has 6 nitrogen and oxygen atoms in total. The molecule has 0 bridgehead atoms. The van der Waals surface area contributed by atoms with Gasteiger partial charge in [0.2, 0.25) is 0 Å². The normalized spacial score (nSPS) is 15.8. The number of para-hydroxylation sites is 1. The van der Waals surface area contributed by atoms with Gasteiger partial charge in [-0.1, -0.05) is 37.5 Å². The van der Waals surface area contributed by atoms with E-state index in [0.717, 1.165) is 25.7 Å². The maximum Gasteiger partial charge on any atom is 0.329 e. The van der Waals surface area contributed by atoms with E-state index >= 15 is 0 Å². The van der Waals surface area contributed by atoms with E-state index in [-0.39, 0.29) is 18.2 Å². The molecule has 108 valence electrons. The van der Waals surface area contributed by atoms with E-state index in [1.807, 2.05) is 0 Å². The van der Waals surface area contributed by atoms with Crippen molar-refractivity contribution in [3.8, 4) is 0 Å². The van der Waals surface area contributed by atoms with Gasteiger partial charge in [-0.25, -0.2) is 0 Å². The van der Waals surface area contributed by atoms with Crippen LogP contribution in [-0.2, 0) is 16.1 Å². The minimum Gasteiger partial charge on any atom is -0.370 e. The standard InChI is InChI=1S/C14H18N2O4/c17-14(20-15-12-7-2-1-3-8-12)10-11-6-4-5-9-13(11)16(18)19/h4-6,9,12,15H,1-3,7-8,10H2. The number of hydrogen-bond donors (Lipinski definition) is 1. The van der Waals surface area contributed by atoms with E-state index < -0.39 is 10.9 Å². The van der Waals surface area contributed by atoms with Crippen LogP contribution in [-0.4, -0.2) is 16.9 Å². The molecule has 2 rings (SSSR count). The van der Waals surface area contributed by atoms with Crippen molar-refractivity contribution < 1.29 is 14.6 Å². The molecule has 0 radical (unpaired) electrons. The Morgan fingerprint density at radius 2 is 2.00 bits per heavy atom. The van der Waals surface area contributed by atoms with Gasteiger partial charge in [-0.05, 0) is 12.8 Å². The van der Waals surface area contributed by atoms with Crippen LogP contribution in [0.4, 0.5) is 5.69 Å². The molecule has 0 heterocycles. The lowest BCUT2D eigenvalue weighted by Crippen LogP contribution is -2.33. The number of hydroxylamine groups is 1. The number of nitro benzene ring substituents is 1. The van der Waals surface area contributed by atoms with Crippen LogP contribution in [0.2, 0.25) is 0 Å². The molecule has 1 aromatic carbocycles. The summed E-state index contributed by atoms with van der Waals surface area (Å²) in [4.78, 5) is 27.1. The summed E-state index contributed by atoms with van der Waals surface area (Å²) in [6.45, 7) is 0. The lowest BCUT2D eigenvalue weighted by Gasteiger charge is -2.21. The molecule has 0 unspecified atom stereocenters. The Labute approximate surface area is 117 Å². The van der Waals surface area contributed by atoms with Crippen molar-refractivity contribution in [1.29, 1.82) is 0 Å². The molecule has 1 saturated carbocycles. The molecule has 1 fully saturated rings. The quantitative estimate of drug-likeness (QED) is 0.661.